The van der Waals surface area contributed by atoms with Crippen LogP contribution in [0.4, 0.5) is 5.69 Å². The molecule has 0 atom stereocenters. The third kappa shape index (κ3) is 2.91. The van der Waals surface area contributed by atoms with Crippen LogP contribution in [0.1, 0.15) is 5.56 Å². The van der Waals surface area contributed by atoms with Gasteiger partial charge in [0.1, 0.15) is 0 Å². The van der Waals surface area contributed by atoms with Crippen LogP contribution in [-0.4, -0.2) is 22.3 Å². The molecule has 0 aromatic heterocycles. The molecule has 1 amide bonds. The number of thioether (sulfide) groups is 1. The number of carbonyl (C=O) groups excluding carboxylic acids is 1. The molecule has 0 saturated carbocycles. The zero-order chi connectivity index (χ0) is 15.5. The predicted octanol–water partition coefficient (Wildman–Crippen LogP) is 3.94. The molecule has 3 rings (SSSR count). The Morgan fingerprint density at radius 1 is 1.05 bits per heavy atom. The lowest BCUT2D eigenvalue weighted by Crippen LogP contribution is -2.42. The van der Waals surface area contributed by atoms with Gasteiger partial charge >= 0.3 is 0 Å². The number of thiocarbonyl (C=S) groups is 1. The minimum Gasteiger partial charge on any atom is -0.280 e. The summed E-state index contributed by atoms with van der Waals surface area (Å²) in [6, 6.07) is 19.5. The molecule has 0 unspecified atom stereocenters. The van der Waals surface area contributed by atoms with E-state index in [2.05, 4.69) is 0 Å². The van der Waals surface area contributed by atoms with Gasteiger partial charge in [0.15, 0.2) is 4.32 Å². The fourth-order valence-electron chi connectivity index (χ4n) is 2.18. The molecule has 0 N–H and O–H groups in total. The SMILES string of the molecule is CN(c1ccccc1)N1C(=O)/C(=C\c2ccccc2)SC1=S. The maximum atomic E-state index is 12.6. The molecule has 2 aromatic carbocycles. The largest absolute Gasteiger partial charge is 0.285 e. The van der Waals surface area contributed by atoms with Gasteiger partial charge in [0.2, 0.25) is 0 Å². The highest BCUT2D eigenvalue weighted by molar-refractivity contribution is 8.26. The molecule has 1 aliphatic heterocycles. The highest BCUT2D eigenvalue weighted by atomic mass is 32.2. The van der Waals surface area contributed by atoms with Crippen molar-refractivity contribution < 1.29 is 4.79 Å². The lowest BCUT2D eigenvalue weighted by molar-refractivity contribution is -0.122. The molecule has 5 heteroatoms. The molecule has 0 radical (unpaired) electrons. The molecule has 1 saturated heterocycles. The first-order valence-electron chi connectivity index (χ1n) is 6.78. The fourth-order valence-corrected chi connectivity index (χ4v) is 3.50. The Morgan fingerprint density at radius 2 is 1.64 bits per heavy atom. The Kier molecular flexibility index (Phi) is 4.27. The summed E-state index contributed by atoms with van der Waals surface area (Å²) in [5.74, 6) is -0.0924. The number of nitrogens with zero attached hydrogens (tertiary/aromatic N) is 2. The number of amides is 1. The van der Waals surface area contributed by atoms with Crippen molar-refractivity contribution >= 4 is 46.0 Å². The summed E-state index contributed by atoms with van der Waals surface area (Å²) < 4.78 is 0.540. The van der Waals surface area contributed by atoms with Gasteiger partial charge in [0.05, 0.1) is 10.6 Å². The van der Waals surface area contributed by atoms with Gasteiger partial charge in [0, 0.05) is 7.05 Å². The smallest absolute Gasteiger partial charge is 0.280 e. The van der Waals surface area contributed by atoms with Crippen molar-refractivity contribution in [2.24, 2.45) is 0 Å². The molecule has 1 fully saturated rings. The van der Waals surface area contributed by atoms with E-state index >= 15 is 0 Å². The summed E-state index contributed by atoms with van der Waals surface area (Å²) in [6.45, 7) is 0. The lowest BCUT2D eigenvalue weighted by atomic mass is 10.2. The summed E-state index contributed by atoms with van der Waals surface area (Å²) in [4.78, 5) is 13.3. The first-order valence-corrected chi connectivity index (χ1v) is 8.01. The van der Waals surface area contributed by atoms with Crippen LogP contribution in [0.25, 0.3) is 6.08 Å². The molecule has 22 heavy (non-hydrogen) atoms. The normalized spacial score (nSPS) is 16.4. The van der Waals surface area contributed by atoms with Gasteiger partial charge in [-0.2, -0.15) is 5.01 Å². The van der Waals surface area contributed by atoms with Crippen molar-refractivity contribution in [2.45, 2.75) is 0 Å². The van der Waals surface area contributed by atoms with Gasteiger partial charge < -0.3 is 0 Å². The highest BCUT2D eigenvalue weighted by Crippen LogP contribution is 2.34. The van der Waals surface area contributed by atoms with Gasteiger partial charge in [0.25, 0.3) is 5.91 Å². The molecule has 0 bridgehead atoms. The van der Waals surface area contributed by atoms with Gasteiger partial charge in [-0.05, 0) is 36.0 Å². The van der Waals surface area contributed by atoms with Crippen LogP contribution < -0.4 is 5.01 Å². The number of carbonyl (C=O) groups is 1. The Hall–Kier alpha value is -2.11. The quantitative estimate of drug-likeness (QED) is 0.630. The monoisotopic (exact) mass is 326 g/mol. The number of hydrogen-bond donors (Lipinski definition) is 0. The van der Waals surface area contributed by atoms with E-state index in [4.69, 9.17) is 12.2 Å². The van der Waals surface area contributed by atoms with Crippen molar-refractivity contribution in [3.63, 3.8) is 0 Å². The molecule has 0 aliphatic carbocycles. The average molecular weight is 326 g/mol. The lowest BCUT2D eigenvalue weighted by Gasteiger charge is -2.28. The Bertz CT molecular complexity index is 729. The highest BCUT2D eigenvalue weighted by Gasteiger charge is 2.35. The molecule has 0 spiro atoms. The second-order valence-electron chi connectivity index (χ2n) is 4.76. The van der Waals surface area contributed by atoms with E-state index in [0.29, 0.717) is 9.23 Å². The zero-order valence-electron chi connectivity index (χ0n) is 12.0. The third-order valence-corrected chi connectivity index (χ3v) is 4.58. The minimum atomic E-state index is -0.0924. The van der Waals surface area contributed by atoms with Crippen LogP contribution in [0.3, 0.4) is 0 Å². The Morgan fingerprint density at radius 3 is 2.27 bits per heavy atom. The summed E-state index contributed by atoms with van der Waals surface area (Å²) in [5.41, 5.74) is 1.91. The summed E-state index contributed by atoms with van der Waals surface area (Å²) in [7, 11) is 1.84. The Balaban J connectivity index is 1.88. The number of hydrogen-bond acceptors (Lipinski definition) is 4. The van der Waals surface area contributed by atoms with Crippen molar-refractivity contribution in [3.05, 3.63) is 71.1 Å². The summed E-state index contributed by atoms with van der Waals surface area (Å²) in [6.07, 6.45) is 1.87. The van der Waals surface area contributed by atoms with E-state index in [1.807, 2.05) is 73.8 Å². The van der Waals surface area contributed by atoms with E-state index < -0.39 is 0 Å². The van der Waals surface area contributed by atoms with E-state index in [1.54, 1.807) is 5.01 Å². The van der Waals surface area contributed by atoms with Gasteiger partial charge in [-0.15, -0.1) is 0 Å². The van der Waals surface area contributed by atoms with E-state index in [0.717, 1.165) is 11.3 Å². The molecular formula is C17H14N2OS2. The number of anilines is 1. The standard InChI is InChI=1S/C17H14N2OS2/c1-18(14-10-6-3-7-11-14)19-16(20)15(22-17(19)21)12-13-8-4-2-5-9-13/h2-12H,1H3/b15-12+. The molecule has 1 heterocycles. The van der Waals surface area contributed by atoms with Crippen LogP contribution in [0.2, 0.25) is 0 Å². The minimum absolute atomic E-state index is 0.0924. The average Bonchev–Trinajstić information content (AvgIpc) is 2.82. The molecule has 2 aromatic rings. The topological polar surface area (TPSA) is 23.6 Å². The zero-order valence-corrected chi connectivity index (χ0v) is 13.6. The second kappa shape index (κ2) is 6.34. The third-order valence-electron chi connectivity index (χ3n) is 3.30. The van der Waals surface area contributed by atoms with Crippen molar-refractivity contribution in [3.8, 4) is 0 Å². The molecule has 1 aliphatic rings. The fraction of sp³-hybridized carbons (Fsp3) is 0.0588. The molecule has 3 nitrogen and oxygen atoms in total. The summed E-state index contributed by atoms with van der Waals surface area (Å²) >= 11 is 6.70. The van der Waals surface area contributed by atoms with Gasteiger partial charge in [-0.25, -0.2) is 0 Å². The van der Waals surface area contributed by atoms with Crippen LogP contribution in [0, 0.1) is 0 Å². The van der Waals surface area contributed by atoms with Gasteiger partial charge in [-0.3, -0.25) is 9.80 Å². The van der Waals surface area contributed by atoms with E-state index in [-0.39, 0.29) is 5.91 Å². The molecule has 110 valence electrons. The number of para-hydroxylation sites is 1. The van der Waals surface area contributed by atoms with Crippen molar-refractivity contribution in [1.82, 2.24) is 5.01 Å². The van der Waals surface area contributed by atoms with Gasteiger partial charge in [-0.1, -0.05) is 60.3 Å². The van der Waals surface area contributed by atoms with Crippen LogP contribution in [0.15, 0.2) is 65.6 Å². The number of hydrazine groups is 1. The maximum absolute atomic E-state index is 12.6. The second-order valence-corrected chi connectivity index (χ2v) is 6.44. The number of rotatable bonds is 3. The Labute approximate surface area is 139 Å². The van der Waals surface area contributed by atoms with Crippen LogP contribution in [0.5, 0.6) is 0 Å². The van der Waals surface area contributed by atoms with E-state index in [9.17, 15) is 4.79 Å². The predicted molar refractivity (Wildman–Crippen MR) is 96.3 cm³/mol. The molecular weight excluding hydrogens is 312 g/mol. The number of benzene rings is 2. The van der Waals surface area contributed by atoms with Crippen LogP contribution >= 0.6 is 24.0 Å². The van der Waals surface area contributed by atoms with E-state index in [1.165, 1.54) is 16.8 Å². The first kappa shape index (κ1) is 14.8. The van der Waals surface area contributed by atoms with Crippen LogP contribution in [-0.2, 0) is 4.79 Å². The first-order chi connectivity index (χ1) is 10.7. The van der Waals surface area contributed by atoms with Crippen molar-refractivity contribution in [2.75, 3.05) is 12.1 Å². The van der Waals surface area contributed by atoms with Crippen molar-refractivity contribution in [1.29, 1.82) is 0 Å². The maximum Gasteiger partial charge on any atom is 0.285 e. The summed E-state index contributed by atoms with van der Waals surface area (Å²) in [5, 5.41) is 3.31.